The highest BCUT2D eigenvalue weighted by atomic mass is 79.9. The highest BCUT2D eigenvalue weighted by molar-refractivity contribution is 9.10. The van der Waals surface area contributed by atoms with Crippen molar-refractivity contribution in [2.75, 3.05) is 29.6 Å². The molecule has 0 saturated carbocycles. The summed E-state index contributed by atoms with van der Waals surface area (Å²) in [5, 5.41) is 3.85. The summed E-state index contributed by atoms with van der Waals surface area (Å²) in [6.45, 7) is 2.88. The van der Waals surface area contributed by atoms with Crippen molar-refractivity contribution in [3.05, 3.63) is 10.7 Å². The van der Waals surface area contributed by atoms with Gasteiger partial charge in [-0.3, -0.25) is 0 Å². The van der Waals surface area contributed by atoms with Crippen molar-refractivity contribution in [2.24, 2.45) is 0 Å². The third-order valence-electron chi connectivity index (χ3n) is 1.94. The van der Waals surface area contributed by atoms with Gasteiger partial charge in [-0.15, -0.1) is 11.8 Å². The Hall–Kier alpha value is -0.340. The third kappa shape index (κ3) is 6.01. The lowest BCUT2D eigenvalue weighted by Crippen LogP contribution is -2.07. The molecule has 1 rings (SSSR count). The number of aromatic nitrogens is 2. The Morgan fingerprint density at radius 1 is 1.50 bits per heavy atom. The van der Waals surface area contributed by atoms with Crippen molar-refractivity contribution in [2.45, 2.75) is 18.4 Å². The van der Waals surface area contributed by atoms with E-state index >= 15 is 0 Å². The molecule has 0 radical (unpaired) electrons. The monoisotopic (exact) mass is 353 g/mol. The zero-order chi connectivity index (χ0) is 13.6. The standard InChI is InChI=1S/C10H16BrN3O2S2/c1-3-4-12-10-13-7-8(11)9(14-10)17-5-6-18(2,15)16/h7H,3-6H2,1-2H3,(H,12,13,14). The van der Waals surface area contributed by atoms with Gasteiger partial charge in [-0.05, 0) is 22.4 Å². The van der Waals surface area contributed by atoms with Gasteiger partial charge in [0.25, 0.3) is 0 Å². The third-order valence-corrected chi connectivity index (χ3v) is 4.98. The molecule has 0 spiro atoms. The molecule has 0 aliphatic carbocycles. The second-order valence-corrected chi connectivity index (χ2v) is 7.95. The number of hydrogen-bond acceptors (Lipinski definition) is 6. The number of thioether (sulfide) groups is 1. The molecule has 0 saturated heterocycles. The Bertz CT molecular complexity index is 494. The summed E-state index contributed by atoms with van der Waals surface area (Å²) in [6.07, 6.45) is 3.90. The predicted molar refractivity (Wildman–Crippen MR) is 78.9 cm³/mol. The number of nitrogens with one attached hydrogen (secondary N) is 1. The molecule has 1 N–H and O–H groups in total. The van der Waals surface area contributed by atoms with Gasteiger partial charge in [-0.1, -0.05) is 6.92 Å². The van der Waals surface area contributed by atoms with Crippen molar-refractivity contribution < 1.29 is 8.42 Å². The lowest BCUT2D eigenvalue weighted by atomic mass is 10.5. The van der Waals surface area contributed by atoms with E-state index in [9.17, 15) is 8.42 Å². The first-order chi connectivity index (χ1) is 8.42. The van der Waals surface area contributed by atoms with E-state index in [0.717, 1.165) is 22.5 Å². The van der Waals surface area contributed by atoms with Crippen LogP contribution in [0.3, 0.4) is 0 Å². The maximum atomic E-state index is 11.0. The SMILES string of the molecule is CCCNc1ncc(Br)c(SCCS(C)(=O)=O)n1. The Morgan fingerprint density at radius 3 is 2.83 bits per heavy atom. The average molecular weight is 354 g/mol. The zero-order valence-corrected chi connectivity index (χ0v) is 13.5. The van der Waals surface area contributed by atoms with Crippen molar-refractivity contribution in [1.29, 1.82) is 0 Å². The molecule has 1 aromatic heterocycles. The second kappa shape index (κ2) is 7.30. The number of rotatable bonds is 7. The fourth-order valence-electron chi connectivity index (χ4n) is 1.06. The summed E-state index contributed by atoms with van der Waals surface area (Å²) in [5.41, 5.74) is 0. The van der Waals surface area contributed by atoms with Gasteiger partial charge < -0.3 is 5.32 Å². The molecule has 0 aromatic carbocycles. The number of hydrogen-bond donors (Lipinski definition) is 1. The first-order valence-electron chi connectivity index (χ1n) is 5.49. The highest BCUT2D eigenvalue weighted by Gasteiger charge is 2.08. The van der Waals surface area contributed by atoms with Crippen molar-refractivity contribution in [3.63, 3.8) is 0 Å². The maximum Gasteiger partial charge on any atom is 0.223 e. The summed E-state index contributed by atoms with van der Waals surface area (Å²) in [7, 11) is -2.93. The molecule has 18 heavy (non-hydrogen) atoms. The van der Waals surface area contributed by atoms with Crippen LogP contribution in [0.2, 0.25) is 0 Å². The van der Waals surface area contributed by atoms with Gasteiger partial charge in [-0.25, -0.2) is 18.4 Å². The number of sulfone groups is 1. The lowest BCUT2D eigenvalue weighted by Gasteiger charge is -2.06. The fraction of sp³-hybridized carbons (Fsp3) is 0.600. The maximum absolute atomic E-state index is 11.0. The first-order valence-corrected chi connectivity index (χ1v) is 9.33. The Morgan fingerprint density at radius 2 is 2.22 bits per heavy atom. The molecule has 0 fully saturated rings. The van der Waals surface area contributed by atoms with E-state index in [1.54, 1.807) is 6.20 Å². The van der Waals surface area contributed by atoms with E-state index in [0.29, 0.717) is 11.7 Å². The second-order valence-electron chi connectivity index (χ2n) is 3.75. The molecule has 0 amide bonds. The van der Waals surface area contributed by atoms with E-state index in [1.165, 1.54) is 18.0 Å². The van der Waals surface area contributed by atoms with Crippen molar-refractivity contribution in [1.82, 2.24) is 9.97 Å². The first kappa shape index (κ1) is 15.7. The molecule has 1 heterocycles. The molecule has 0 atom stereocenters. The number of nitrogens with zero attached hydrogens (tertiary/aromatic N) is 2. The summed E-state index contributed by atoms with van der Waals surface area (Å²) in [4.78, 5) is 8.46. The predicted octanol–water partition coefficient (Wildman–Crippen LogP) is 2.20. The average Bonchev–Trinajstić information content (AvgIpc) is 2.28. The van der Waals surface area contributed by atoms with Crippen LogP contribution in [-0.4, -0.2) is 42.7 Å². The highest BCUT2D eigenvalue weighted by Crippen LogP contribution is 2.25. The minimum atomic E-state index is -2.93. The van der Waals surface area contributed by atoms with Gasteiger partial charge in [0.2, 0.25) is 5.95 Å². The van der Waals surface area contributed by atoms with Crippen LogP contribution in [0.15, 0.2) is 15.7 Å². The van der Waals surface area contributed by atoms with Gasteiger partial charge >= 0.3 is 0 Å². The van der Waals surface area contributed by atoms with Crippen LogP contribution in [-0.2, 0) is 9.84 Å². The minimum absolute atomic E-state index is 0.145. The van der Waals surface area contributed by atoms with Crippen LogP contribution >= 0.6 is 27.7 Å². The number of anilines is 1. The topological polar surface area (TPSA) is 72.0 Å². The Labute approximate surface area is 120 Å². The molecule has 5 nitrogen and oxygen atoms in total. The van der Waals surface area contributed by atoms with Gasteiger partial charge in [0.05, 0.1) is 10.2 Å². The number of halogens is 1. The van der Waals surface area contributed by atoms with Gasteiger partial charge in [0.1, 0.15) is 14.9 Å². The molecule has 0 aliphatic rings. The van der Waals surface area contributed by atoms with Gasteiger partial charge in [0.15, 0.2) is 0 Å². The summed E-state index contributed by atoms with van der Waals surface area (Å²) < 4.78 is 22.9. The molecular weight excluding hydrogens is 338 g/mol. The van der Waals surface area contributed by atoms with E-state index in [2.05, 4.69) is 38.1 Å². The zero-order valence-electron chi connectivity index (χ0n) is 10.3. The fourth-order valence-corrected chi connectivity index (χ4v) is 3.68. The quantitative estimate of drug-likeness (QED) is 0.598. The van der Waals surface area contributed by atoms with Crippen LogP contribution in [0.1, 0.15) is 13.3 Å². The molecule has 8 heteroatoms. The van der Waals surface area contributed by atoms with Crippen molar-refractivity contribution in [3.8, 4) is 0 Å². The molecule has 0 aliphatic heterocycles. The van der Waals surface area contributed by atoms with Gasteiger partial charge in [0, 0.05) is 24.8 Å². The minimum Gasteiger partial charge on any atom is -0.354 e. The van der Waals surface area contributed by atoms with Crippen LogP contribution < -0.4 is 5.32 Å². The Balaban J connectivity index is 2.63. The summed E-state index contributed by atoms with van der Waals surface area (Å²) in [5.74, 6) is 1.20. The molecular formula is C10H16BrN3O2S2. The van der Waals surface area contributed by atoms with Crippen LogP contribution in [0.4, 0.5) is 5.95 Å². The van der Waals surface area contributed by atoms with E-state index in [-0.39, 0.29) is 5.75 Å². The van der Waals surface area contributed by atoms with E-state index in [1.807, 2.05) is 0 Å². The summed E-state index contributed by atoms with van der Waals surface area (Å²) in [6, 6.07) is 0. The summed E-state index contributed by atoms with van der Waals surface area (Å²) >= 11 is 4.76. The molecule has 0 bridgehead atoms. The van der Waals surface area contributed by atoms with Crippen LogP contribution in [0.5, 0.6) is 0 Å². The van der Waals surface area contributed by atoms with Crippen molar-refractivity contribution >= 4 is 43.5 Å². The smallest absolute Gasteiger partial charge is 0.223 e. The largest absolute Gasteiger partial charge is 0.354 e. The molecule has 1 aromatic rings. The lowest BCUT2D eigenvalue weighted by molar-refractivity contribution is 0.603. The molecule has 0 unspecified atom stereocenters. The molecule has 102 valence electrons. The van der Waals surface area contributed by atoms with Crippen LogP contribution in [0, 0.1) is 0 Å². The van der Waals surface area contributed by atoms with E-state index < -0.39 is 9.84 Å². The Kier molecular flexibility index (Phi) is 6.37. The van der Waals surface area contributed by atoms with Crippen LogP contribution in [0.25, 0.3) is 0 Å². The van der Waals surface area contributed by atoms with E-state index in [4.69, 9.17) is 0 Å². The van der Waals surface area contributed by atoms with Gasteiger partial charge in [-0.2, -0.15) is 0 Å². The normalized spacial score (nSPS) is 11.5.